The molecule has 0 aliphatic rings. The van der Waals surface area contributed by atoms with Gasteiger partial charge in [0.1, 0.15) is 5.75 Å². The molecule has 0 bridgehead atoms. The maximum absolute atomic E-state index is 11.0. The SMILES string of the molecule is CCCc1nc(-c2ccc(OC)c(C)c2)c(CC(=O)O)s1. The quantitative estimate of drug-likeness (QED) is 0.884. The number of aliphatic carboxylic acids is 1. The van der Waals surface area contributed by atoms with E-state index < -0.39 is 5.97 Å². The predicted molar refractivity (Wildman–Crippen MR) is 84.2 cm³/mol. The number of rotatable bonds is 6. The summed E-state index contributed by atoms with van der Waals surface area (Å²) < 4.78 is 5.26. The lowest BCUT2D eigenvalue weighted by Crippen LogP contribution is -1.99. The monoisotopic (exact) mass is 305 g/mol. The average molecular weight is 305 g/mol. The van der Waals surface area contributed by atoms with Gasteiger partial charge in [-0.2, -0.15) is 0 Å². The van der Waals surface area contributed by atoms with Gasteiger partial charge in [-0.05, 0) is 43.5 Å². The molecule has 1 aromatic heterocycles. The van der Waals surface area contributed by atoms with Gasteiger partial charge in [-0.15, -0.1) is 11.3 Å². The smallest absolute Gasteiger partial charge is 0.308 e. The molecular formula is C16H19NO3S. The second kappa shape index (κ2) is 6.72. The summed E-state index contributed by atoms with van der Waals surface area (Å²) in [6.07, 6.45) is 1.90. The van der Waals surface area contributed by atoms with Gasteiger partial charge in [0.05, 0.1) is 24.2 Å². The molecule has 0 fully saturated rings. The average Bonchev–Trinajstić information content (AvgIpc) is 2.81. The number of carboxylic acids is 1. The highest BCUT2D eigenvalue weighted by Gasteiger charge is 2.16. The van der Waals surface area contributed by atoms with E-state index in [-0.39, 0.29) is 6.42 Å². The van der Waals surface area contributed by atoms with Crippen LogP contribution in [0.3, 0.4) is 0 Å². The normalized spacial score (nSPS) is 10.6. The van der Waals surface area contributed by atoms with Gasteiger partial charge in [-0.1, -0.05) is 6.92 Å². The molecule has 0 spiro atoms. The zero-order valence-corrected chi connectivity index (χ0v) is 13.3. The molecule has 2 aromatic rings. The van der Waals surface area contributed by atoms with Crippen LogP contribution in [-0.2, 0) is 17.6 Å². The van der Waals surface area contributed by atoms with Crippen molar-refractivity contribution in [2.24, 2.45) is 0 Å². The number of benzene rings is 1. The molecule has 1 N–H and O–H groups in total. The number of hydrogen-bond acceptors (Lipinski definition) is 4. The summed E-state index contributed by atoms with van der Waals surface area (Å²) in [6, 6.07) is 5.82. The van der Waals surface area contributed by atoms with E-state index >= 15 is 0 Å². The van der Waals surface area contributed by atoms with Crippen molar-refractivity contribution in [3.05, 3.63) is 33.6 Å². The van der Waals surface area contributed by atoms with Crippen molar-refractivity contribution in [1.29, 1.82) is 0 Å². The summed E-state index contributed by atoms with van der Waals surface area (Å²) in [5.41, 5.74) is 2.75. The number of ether oxygens (including phenoxy) is 1. The Morgan fingerprint density at radius 2 is 2.19 bits per heavy atom. The molecule has 0 amide bonds. The van der Waals surface area contributed by atoms with Gasteiger partial charge in [-0.25, -0.2) is 4.98 Å². The van der Waals surface area contributed by atoms with Crippen molar-refractivity contribution in [3.8, 4) is 17.0 Å². The van der Waals surface area contributed by atoms with Crippen molar-refractivity contribution in [1.82, 2.24) is 4.98 Å². The van der Waals surface area contributed by atoms with E-state index in [2.05, 4.69) is 11.9 Å². The van der Waals surface area contributed by atoms with Crippen molar-refractivity contribution in [2.75, 3.05) is 7.11 Å². The third-order valence-electron chi connectivity index (χ3n) is 3.19. The molecule has 4 nitrogen and oxygen atoms in total. The predicted octanol–water partition coefficient (Wildman–Crippen LogP) is 3.71. The van der Waals surface area contributed by atoms with Crippen LogP contribution in [0.4, 0.5) is 0 Å². The largest absolute Gasteiger partial charge is 0.496 e. The van der Waals surface area contributed by atoms with Crippen LogP contribution in [0, 0.1) is 6.92 Å². The summed E-state index contributed by atoms with van der Waals surface area (Å²) in [5.74, 6) is -0.00396. The molecule has 1 aromatic carbocycles. The van der Waals surface area contributed by atoms with Crippen LogP contribution >= 0.6 is 11.3 Å². The highest BCUT2D eigenvalue weighted by Crippen LogP contribution is 2.32. The molecule has 2 rings (SSSR count). The number of aryl methyl sites for hydroxylation is 2. The molecule has 1 heterocycles. The van der Waals surface area contributed by atoms with Crippen LogP contribution in [0.2, 0.25) is 0 Å². The Kier molecular flexibility index (Phi) is 4.96. The third-order valence-corrected chi connectivity index (χ3v) is 4.30. The molecule has 0 aliphatic carbocycles. The van der Waals surface area contributed by atoms with E-state index in [9.17, 15) is 4.79 Å². The molecule has 0 radical (unpaired) electrons. The third kappa shape index (κ3) is 3.61. The summed E-state index contributed by atoms with van der Waals surface area (Å²) in [5, 5.41) is 10.1. The number of hydrogen-bond donors (Lipinski definition) is 1. The Hall–Kier alpha value is -1.88. The lowest BCUT2D eigenvalue weighted by Gasteiger charge is -2.07. The lowest BCUT2D eigenvalue weighted by molar-refractivity contribution is -0.136. The van der Waals surface area contributed by atoms with E-state index in [1.165, 1.54) is 11.3 Å². The summed E-state index contributed by atoms with van der Waals surface area (Å²) in [4.78, 5) is 16.5. The van der Waals surface area contributed by atoms with Crippen molar-refractivity contribution in [3.63, 3.8) is 0 Å². The lowest BCUT2D eigenvalue weighted by atomic mass is 10.1. The fourth-order valence-corrected chi connectivity index (χ4v) is 3.41. The Labute approximate surface area is 128 Å². The minimum Gasteiger partial charge on any atom is -0.496 e. The first-order valence-corrected chi connectivity index (χ1v) is 7.72. The first kappa shape index (κ1) is 15.5. The Morgan fingerprint density at radius 3 is 2.76 bits per heavy atom. The molecule has 5 heteroatoms. The van der Waals surface area contributed by atoms with Crippen molar-refractivity contribution >= 4 is 17.3 Å². The molecule has 0 saturated heterocycles. The number of thiazole rings is 1. The van der Waals surface area contributed by atoms with Crippen LogP contribution in [0.5, 0.6) is 5.75 Å². The molecular weight excluding hydrogens is 286 g/mol. The molecule has 0 aliphatic heterocycles. The highest BCUT2D eigenvalue weighted by molar-refractivity contribution is 7.12. The first-order valence-electron chi connectivity index (χ1n) is 6.90. The Morgan fingerprint density at radius 1 is 1.43 bits per heavy atom. The van der Waals surface area contributed by atoms with Gasteiger partial charge < -0.3 is 9.84 Å². The summed E-state index contributed by atoms with van der Waals surface area (Å²) in [7, 11) is 1.64. The van der Waals surface area contributed by atoms with E-state index in [0.29, 0.717) is 0 Å². The minimum absolute atomic E-state index is 0.0157. The van der Waals surface area contributed by atoms with Gasteiger partial charge in [0, 0.05) is 10.4 Å². The number of aromatic nitrogens is 1. The van der Waals surface area contributed by atoms with Gasteiger partial charge in [-0.3, -0.25) is 4.79 Å². The molecule has 0 unspecified atom stereocenters. The number of nitrogens with zero attached hydrogens (tertiary/aromatic N) is 1. The molecule has 0 atom stereocenters. The first-order chi connectivity index (χ1) is 10.0. The topological polar surface area (TPSA) is 59.4 Å². The molecule has 21 heavy (non-hydrogen) atoms. The number of carbonyl (C=O) groups is 1. The maximum Gasteiger partial charge on any atom is 0.308 e. The van der Waals surface area contributed by atoms with E-state index in [4.69, 9.17) is 9.84 Å². The van der Waals surface area contributed by atoms with Crippen LogP contribution < -0.4 is 4.74 Å². The van der Waals surface area contributed by atoms with E-state index in [0.717, 1.165) is 45.3 Å². The zero-order chi connectivity index (χ0) is 15.4. The maximum atomic E-state index is 11.0. The summed E-state index contributed by atoms with van der Waals surface area (Å²) >= 11 is 1.50. The van der Waals surface area contributed by atoms with Gasteiger partial charge in [0.15, 0.2) is 0 Å². The number of methoxy groups -OCH3 is 1. The van der Waals surface area contributed by atoms with Gasteiger partial charge >= 0.3 is 5.97 Å². The minimum atomic E-state index is -0.826. The Bertz CT molecular complexity index is 649. The summed E-state index contributed by atoms with van der Waals surface area (Å²) in [6.45, 7) is 4.06. The van der Waals surface area contributed by atoms with Crippen molar-refractivity contribution < 1.29 is 14.6 Å². The molecule has 112 valence electrons. The Balaban J connectivity index is 2.45. The highest BCUT2D eigenvalue weighted by atomic mass is 32.1. The van der Waals surface area contributed by atoms with Gasteiger partial charge in [0.25, 0.3) is 0 Å². The standard InChI is InChI=1S/C16H19NO3S/c1-4-5-14-17-16(13(21-14)9-15(18)19)11-6-7-12(20-3)10(2)8-11/h6-8H,4-5,9H2,1-3H3,(H,18,19). The van der Waals surface area contributed by atoms with E-state index in [1.807, 2.05) is 25.1 Å². The van der Waals surface area contributed by atoms with Crippen LogP contribution in [0.1, 0.15) is 28.8 Å². The fraction of sp³-hybridized carbons (Fsp3) is 0.375. The van der Waals surface area contributed by atoms with Gasteiger partial charge in [0.2, 0.25) is 0 Å². The molecule has 0 saturated carbocycles. The van der Waals surface area contributed by atoms with E-state index in [1.54, 1.807) is 7.11 Å². The van der Waals surface area contributed by atoms with Crippen LogP contribution in [0.25, 0.3) is 11.3 Å². The number of carboxylic acid groups (broad SMARTS) is 1. The second-order valence-corrected chi connectivity index (χ2v) is 6.05. The fourth-order valence-electron chi connectivity index (χ4n) is 2.23. The van der Waals surface area contributed by atoms with Crippen LogP contribution in [-0.4, -0.2) is 23.2 Å². The zero-order valence-electron chi connectivity index (χ0n) is 12.5. The van der Waals surface area contributed by atoms with Crippen molar-refractivity contribution in [2.45, 2.75) is 33.1 Å². The second-order valence-electron chi connectivity index (χ2n) is 4.88. The van der Waals surface area contributed by atoms with Crippen LogP contribution in [0.15, 0.2) is 18.2 Å².